The number of carboxylic acid groups (broad SMARTS) is 1. The van der Waals surface area contributed by atoms with Crippen molar-refractivity contribution in [1.82, 2.24) is 9.88 Å². The molecule has 1 saturated carbocycles. The lowest BCUT2D eigenvalue weighted by molar-refractivity contribution is -0.138. The van der Waals surface area contributed by atoms with Crippen molar-refractivity contribution in [2.24, 2.45) is 0 Å². The fraction of sp³-hybridized carbons (Fsp3) is 0.286. The van der Waals surface area contributed by atoms with Crippen LogP contribution in [0.2, 0.25) is 0 Å². The number of carboxylic acids is 1. The fourth-order valence-electron chi connectivity index (χ4n) is 4.35. The molecule has 1 fully saturated rings. The maximum Gasteiger partial charge on any atom is 0.322 e. The van der Waals surface area contributed by atoms with E-state index in [9.17, 15) is 19.5 Å². The number of nitrogens with zero attached hydrogens (tertiary/aromatic N) is 1. The third kappa shape index (κ3) is 2.62. The van der Waals surface area contributed by atoms with Gasteiger partial charge in [-0.2, -0.15) is 0 Å². The van der Waals surface area contributed by atoms with Crippen molar-refractivity contribution < 1.29 is 24.6 Å². The summed E-state index contributed by atoms with van der Waals surface area (Å²) in [5, 5.41) is 21.8. The highest BCUT2D eigenvalue weighted by Crippen LogP contribution is 2.47. The molecule has 2 aromatic rings. The maximum atomic E-state index is 13.4. The van der Waals surface area contributed by atoms with Crippen molar-refractivity contribution in [2.45, 2.75) is 31.2 Å². The normalized spacial score (nSPS) is 17.6. The van der Waals surface area contributed by atoms with Crippen LogP contribution in [0, 0.1) is 0 Å². The number of aliphatic carboxylic acids is 1. The molecule has 0 radical (unpaired) electrons. The number of aromatic nitrogens is 1. The second-order valence-electron chi connectivity index (χ2n) is 7.17. The molecular weight excluding hydrogens is 360 g/mol. The molecule has 2 aliphatic rings. The molecule has 0 bridgehead atoms. The molecule has 7 nitrogen and oxygen atoms in total. The Morgan fingerprint density at radius 1 is 1.04 bits per heavy atom. The summed E-state index contributed by atoms with van der Waals surface area (Å²) in [7, 11) is 0. The number of nitrogens with one attached hydrogen (secondary N) is 1. The monoisotopic (exact) mass is 380 g/mol. The van der Waals surface area contributed by atoms with Crippen LogP contribution in [0.1, 0.15) is 31.4 Å². The van der Waals surface area contributed by atoms with Crippen LogP contribution in [0.3, 0.4) is 0 Å². The smallest absolute Gasteiger partial charge is 0.322 e. The first-order valence-corrected chi connectivity index (χ1v) is 9.22. The van der Waals surface area contributed by atoms with Crippen molar-refractivity contribution >= 4 is 23.4 Å². The van der Waals surface area contributed by atoms with E-state index in [1.54, 1.807) is 6.07 Å². The highest BCUT2D eigenvalue weighted by Gasteiger charge is 2.51. The van der Waals surface area contributed by atoms with E-state index in [0.29, 0.717) is 18.5 Å². The zero-order valence-electron chi connectivity index (χ0n) is 15.1. The van der Waals surface area contributed by atoms with Gasteiger partial charge in [0.15, 0.2) is 11.5 Å². The molecule has 144 valence electrons. The second kappa shape index (κ2) is 6.67. The second-order valence-corrected chi connectivity index (χ2v) is 7.17. The molecule has 2 heterocycles. The molecule has 1 aromatic heterocycles. The van der Waals surface area contributed by atoms with Crippen molar-refractivity contribution in [3.63, 3.8) is 0 Å². The number of hydrogen-bond donors (Lipinski definition) is 3. The number of aliphatic hydroxyl groups excluding tert-OH is 1. The topological polar surface area (TPSA) is 109 Å². The van der Waals surface area contributed by atoms with Crippen LogP contribution in [0.15, 0.2) is 48.0 Å². The highest BCUT2D eigenvalue weighted by molar-refractivity contribution is 6.27. The number of benzene rings is 1. The van der Waals surface area contributed by atoms with E-state index in [1.165, 1.54) is 0 Å². The molecule has 1 aliphatic carbocycles. The van der Waals surface area contributed by atoms with Crippen LogP contribution < -0.4 is 5.32 Å². The summed E-state index contributed by atoms with van der Waals surface area (Å²) >= 11 is 0. The average molecular weight is 380 g/mol. The molecule has 0 atom stereocenters. The number of hydrogen-bond acceptors (Lipinski definition) is 4. The fourth-order valence-corrected chi connectivity index (χ4v) is 4.35. The largest absolute Gasteiger partial charge is 0.505 e. The van der Waals surface area contributed by atoms with E-state index < -0.39 is 35.5 Å². The van der Waals surface area contributed by atoms with Crippen molar-refractivity contribution in [3.05, 3.63) is 53.7 Å². The van der Waals surface area contributed by atoms with Gasteiger partial charge in [0.1, 0.15) is 17.7 Å². The van der Waals surface area contributed by atoms with E-state index in [-0.39, 0.29) is 5.57 Å². The molecule has 1 aromatic carbocycles. The molecule has 1 amide bonds. The van der Waals surface area contributed by atoms with Crippen LogP contribution in [-0.2, 0) is 19.9 Å². The summed E-state index contributed by atoms with van der Waals surface area (Å²) in [6.45, 7) is -0.619. The Hall–Kier alpha value is -3.35. The average Bonchev–Trinajstić information content (AvgIpc) is 3.34. The van der Waals surface area contributed by atoms with Gasteiger partial charge in [0, 0.05) is 5.69 Å². The summed E-state index contributed by atoms with van der Waals surface area (Å²) in [6.07, 6.45) is 2.80. The number of fused-ring (bicyclic) bond motifs is 2. The quantitative estimate of drug-likeness (QED) is 0.706. The first-order valence-electron chi connectivity index (χ1n) is 9.22. The molecule has 7 heteroatoms. The van der Waals surface area contributed by atoms with E-state index in [2.05, 4.69) is 5.32 Å². The highest BCUT2D eigenvalue weighted by atomic mass is 16.4. The number of ketones is 1. The lowest BCUT2D eigenvalue weighted by atomic mass is 9.82. The minimum atomic E-state index is -1.22. The molecule has 1 spiro atoms. The van der Waals surface area contributed by atoms with Gasteiger partial charge in [-0.15, -0.1) is 0 Å². The molecule has 28 heavy (non-hydrogen) atoms. The van der Waals surface area contributed by atoms with E-state index in [1.807, 2.05) is 41.0 Å². The van der Waals surface area contributed by atoms with Gasteiger partial charge in [0.25, 0.3) is 5.91 Å². The standard InChI is InChI=1S/C21H20N2O5/c24-16(25)12-22-20(28)17-18(26)15-9-8-14(13-6-2-1-3-7-13)23(15)21(19(17)27)10-4-5-11-21/h1-3,6-9,26H,4-5,10-12H2,(H,22,28)(H,24,25). The Morgan fingerprint density at radius 2 is 1.68 bits per heavy atom. The Bertz CT molecular complexity index is 997. The lowest BCUT2D eigenvalue weighted by Gasteiger charge is -2.37. The number of carbonyl (C=O) groups excluding carboxylic acids is 2. The van der Waals surface area contributed by atoms with Gasteiger partial charge in [-0.05, 0) is 30.5 Å². The molecule has 1 aliphatic heterocycles. The molecule has 3 N–H and O–H groups in total. The van der Waals surface area contributed by atoms with Crippen LogP contribution in [0.4, 0.5) is 0 Å². The maximum absolute atomic E-state index is 13.4. The third-order valence-electron chi connectivity index (χ3n) is 5.57. The van der Waals surface area contributed by atoms with Crippen LogP contribution in [0.5, 0.6) is 0 Å². The summed E-state index contributed by atoms with van der Waals surface area (Å²) in [4.78, 5) is 36.7. The molecule has 0 saturated heterocycles. The third-order valence-corrected chi connectivity index (χ3v) is 5.57. The van der Waals surface area contributed by atoms with Crippen LogP contribution in [0.25, 0.3) is 17.0 Å². The van der Waals surface area contributed by atoms with Gasteiger partial charge in [-0.3, -0.25) is 14.4 Å². The van der Waals surface area contributed by atoms with Crippen LogP contribution in [-0.4, -0.2) is 39.0 Å². The number of amides is 1. The summed E-state index contributed by atoms with van der Waals surface area (Å²) in [5.74, 6) is -2.94. The Labute approximate surface area is 161 Å². The first-order chi connectivity index (χ1) is 13.5. The zero-order chi connectivity index (χ0) is 19.9. The Balaban J connectivity index is 1.89. The minimum absolute atomic E-state index is 0.353. The van der Waals surface area contributed by atoms with Crippen molar-refractivity contribution in [1.29, 1.82) is 0 Å². The van der Waals surface area contributed by atoms with E-state index in [0.717, 1.165) is 24.1 Å². The SMILES string of the molecule is O=C(O)CNC(=O)C1=C(O)c2ccc(-c3ccccc3)n2C2(CCCC2)C1=O. The van der Waals surface area contributed by atoms with Gasteiger partial charge in [0.05, 0.1) is 5.69 Å². The Kier molecular flexibility index (Phi) is 4.30. The Morgan fingerprint density at radius 3 is 2.32 bits per heavy atom. The molecule has 4 rings (SSSR count). The summed E-state index contributed by atoms with van der Waals surface area (Å²) < 4.78 is 1.86. The van der Waals surface area contributed by atoms with E-state index in [4.69, 9.17) is 5.11 Å². The number of rotatable bonds is 4. The van der Waals surface area contributed by atoms with Gasteiger partial charge in [-0.1, -0.05) is 43.2 Å². The summed E-state index contributed by atoms with van der Waals surface area (Å²) in [5.41, 5.74) is 0.836. The van der Waals surface area contributed by atoms with Crippen molar-refractivity contribution in [3.8, 4) is 11.3 Å². The predicted octanol–water partition coefficient (Wildman–Crippen LogP) is 2.48. The number of aliphatic hydroxyl groups is 1. The van der Waals surface area contributed by atoms with Gasteiger partial charge in [-0.25, -0.2) is 0 Å². The zero-order valence-corrected chi connectivity index (χ0v) is 15.1. The lowest BCUT2D eigenvalue weighted by Crippen LogP contribution is -2.48. The molecular formula is C21H20N2O5. The van der Waals surface area contributed by atoms with Crippen molar-refractivity contribution in [2.75, 3.05) is 6.54 Å². The van der Waals surface area contributed by atoms with E-state index >= 15 is 0 Å². The van der Waals surface area contributed by atoms with Gasteiger partial charge >= 0.3 is 5.97 Å². The number of carbonyl (C=O) groups is 3. The summed E-state index contributed by atoms with van der Waals surface area (Å²) in [6, 6.07) is 13.1. The van der Waals surface area contributed by atoms with Gasteiger partial charge in [0.2, 0.25) is 0 Å². The minimum Gasteiger partial charge on any atom is -0.505 e. The predicted molar refractivity (Wildman–Crippen MR) is 102 cm³/mol. The first kappa shape index (κ1) is 18.0. The number of Topliss-reactive ketones (excluding diaryl/α,β-unsaturated/α-hetero) is 1. The van der Waals surface area contributed by atoms with Crippen LogP contribution >= 0.6 is 0 Å². The van der Waals surface area contributed by atoms with Gasteiger partial charge < -0.3 is 20.1 Å². The molecule has 0 unspecified atom stereocenters.